The average molecular weight is 508 g/mol. The van der Waals surface area contributed by atoms with Crippen molar-refractivity contribution in [3.8, 4) is 0 Å². The number of thioether (sulfide) groups is 1. The van der Waals surface area contributed by atoms with Gasteiger partial charge < -0.3 is 10.6 Å². The third kappa shape index (κ3) is 6.83. The fraction of sp³-hybridized carbons (Fsp3) is 0.316. The zero-order chi connectivity index (χ0) is 26.5. The maximum Gasteiger partial charge on any atom is 0.299 e. The van der Waals surface area contributed by atoms with Crippen molar-refractivity contribution in [3.05, 3.63) is 76.9 Å². The Morgan fingerprint density at radius 2 is 1.23 bits per heavy atom. The molecule has 0 aromatic heterocycles. The number of nitrogens with zero attached hydrogens (tertiary/aromatic N) is 4. The van der Waals surface area contributed by atoms with Crippen LogP contribution in [0.5, 0.6) is 0 Å². The highest BCUT2D eigenvalue weighted by atomic mass is 32.2. The molecule has 2 N–H and O–H groups in total. The van der Waals surface area contributed by atoms with Gasteiger partial charge in [-0.05, 0) is 32.9 Å². The minimum atomic E-state index is -1.40. The Morgan fingerprint density at radius 3 is 1.60 bits per heavy atom. The van der Waals surface area contributed by atoms with Crippen LogP contribution in [0.4, 0.5) is 28.4 Å². The van der Waals surface area contributed by atoms with E-state index in [4.69, 9.17) is 0 Å². The van der Waals surface area contributed by atoms with Crippen molar-refractivity contribution in [2.24, 2.45) is 0 Å². The molecule has 2 aromatic rings. The smallest absolute Gasteiger partial charge is 0.299 e. The molecule has 2 rings (SSSR count). The maximum atomic E-state index is 13.0. The normalized spacial score (nSPS) is 11.9. The Bertz CT molecular complexity index is 1130. The molecular formula is C19H20N6O9S. The molecule has 0 aliphatic carbocycles. The first-order valence-electron chi connectivity index (χ1n) is 9.78. The van der Waals surface area contributed by atoms with E-state index in [0.717, 1.165) is 36.4 Å². The summed E-state index contributed by atoms with van der Waals surface area (Å²) in [5.74, 6) is -1.13. The molecular weight excluding hydrogens is 488 g/mol. The van der Waals surface area contributed by atoms with Crippen molar-refractivity contribution in [1.82, 2.24) is 5.32 Å². The van der Waals surface area contributed by atoms with E-state index in [1.807, 2.05) is 0 Å². The number of hydrogen-bond donors (Lipinski definition) is 2. The van der Waals surface area contributed by atoms with Crippen LogP contribution in [0, 0.1) is 40.5 Å². The van der Waals surface area contributed by atoms with E-state index in [1.165, 1.54) is 0 Å². The number of amides is 1. The number of nitrogens with one attached hydrogen (secondary N) is 2. The topological polar surface area (TPSA) is 214 Å². The van der Waals surface area contributed by atoms with Gasteiger partial charge in [0.05, 0.1) is 19.7 Å². The third-order valence-electron chi connectivity index (χ3n) is 4.31. The minimum absolute atomic E-state index is 0.338. The number of para-hydroxylation sites is 1. The first kappa shape index (κ1) is 26.9. The molecule has 35 heavy (non-hydrogen) atoms. The molecule has 1 atom stereocenters. The van der Waals surface area contributed by atoms with E-state index in [2.05, 4.69) is 10.6 Å². The molecule has 0 fully saturated rings. The Hall–Kier alpha value is -4.34. The summed E-state index contributed by atoms with van der Waals surface area (Å²) in [4.78, 5) is 55.1. The first-order chi connectivity index (χ1) is 16.2. The molecule has 0 saturated heterocycles. The van der Waals surface area contributed by atoms with Crippen LogP contribution in [0.3, 0.4) is 0 Å². The highest BCUT2D eigenvalue weighted by Gasteiger charge is 2.33. The highest BCUT2D eigenvalue weighted by molar-refractivity contribution is 7.99. The van der Waals surface area contributed by atoms with E-state index in [0.29, 0.717) is 11.8 Å². The van der Waals surface area contributed by atoms with Gasteiger partial charge in [0, 0.05) is 35.6 Å². The Kier molecular flexibility index (Phi) is 8.25. The summed E-state index contributed by atoms with van der Waals surface area (Å²) in [6, 6.07) is 4.97. The summed E-state index contributed by atoms with van der Waals surface area (Å²) in [5, 5.41) is 50.9. The molecule has 0 saturated carbocycles. The fourth-order valence-corrected chi connectivity index (χ4v) is 4.06. The summed E-state index contributed by atoms with van der Waals surface area (Å²) in [6.45, 7) is 4.94. The predicted molar refractivity (Wildman–Crippen MR) is 126 cm³/mol. The van der Waals surface area contributed by atoms with Gasteiger partial charge >= 0.3 is 0 Å². The standard InChI is InChI=1S/C19H20N6O9S/c1-19(2,3)21-18(26)11(20-16-12(22(27)28)6-4-7-13(16)23(29)30)10-35-17-14(24(31)32)8-5-9-15(17)25(33)34/h4-9,11,20H,10H2,1-3H3,(H,21,26)/t11-/m0/s1. The van der Waals surface area contributed by atoms with Crippen LogP contribution in [0.25, 0.3) is 0 Å². The Morgan fingerprint density at radius 1 is 0.829 bits per heavy atom. The summed E-state index contributed by atoms with van der Waals surface area (Å²) >= 11 is 0.594. The van der Waals surface area contributed by atoms with Crippen LogP contribution in [-0.4, -0.2) is 42.9 Å². The van der Waals surface area contributed by atoms with Gasteiger partial charge in [0.2, 0.25) is 5.91 Å². The molecule has 0 bridgehead atoms. The molecule has 0 aliphatic heterocycles. The molecule has 0 unspecified atom stereocenters. The van der Waals surface area contributed by atoms with E-state index in [9.17, 15) is 45.3 Å². The fourth-order valence-electron chi connectivity index (χ4n) is 2.91. The number of carbonyl (C=O) groups is 1. The number of rotatable bonds is 10. The zero-order valence-corrected chi connectivity index (χ0v) is 19.4. The molecule has 2 aromatic carbocycles. The van der Waals surface area contributed by atoms with Gasteiger partial charge in [-0.1, -0.05) is 0 Å². The second-order valence-electron chi connectivity index (χ2n) is 8.07. The number of hydrogen-bond acceptors (Lipinski definition) is 11. The van der Waals surface area contributed by atoms with Crippen molar-refractivity contribution in [2.75, 3.05) is 11.1 Å². The van der Waals surface area contributed by atoms with E-state index < -0.39 is 71.4 Å². The number of benzene rings is 2. The SMILES string of the molecule is CC(C)(C)NC(=O)[C@H](CSc1c([N+](=O)[O-])cccc1[N+](=O)[O-])Nc1c([N+](=O)[O-])cccc1[N+](=O)[O-]. The van der Waals surface area contributed by atoms with Crippen LogP contribution < -0.4 is 10.6 Å². The Labute approximate surface area is 201 Å². The van der Waals surface area contributed by atoms with Crippen molar-refractivity contribution >= 4 is 46.1 Å². The molecule has 0 spiro atoms. The first-order valence-corrected chi connectivity index (χ1v) is 10.8. The molecule has 1 amide bonds. The van der Waals surface area contributed by atoms with Gasteiger partial charge in [0.25, 0.3) is 22.7 Å². The van der Waals surface area contributed by atoms with Crippen molar-refractivity contribution in [3.63, 3.8) is 0 Å². The quantitative estimate of drug-likeness (QED) is 0.267. The van der Waals surface area contributed by atoms with Gasteiger partial charge in [0.15, 0.2) is 10.6 Å². The Balaban J connectivity index is 2.55. The van der Waals surface area contributed by atoms with Crippen LogP contribution in [0.1, 0.15) is 20.8 Å². The zero-order valence-electron chi connectivity index (χ0n) is 18.6. The number of nitro benzene ring substituents is 4. The molecule has 15 nitrogen and oxygen atoms in total. The second-order valence-corrected chi connectivity index (χ2v) is 9.10. The maximum absolute atomic E-state index is 13.0. The molecule has 16 heteroatoms. The summed E-state index contributed by atoms with van der Waals surface area (Å²) in [6.07, 6.45) is 0. The third-order valence-corrected chi connectivity index (χ3v) is 5.52. The van der Waals surface area contributed by atoms with Crippen molar-refractivity contribution in [1.29, 1.82) is 0 Å². The highest BCUT2D eigenvalue weighted by Crippen LogP contribution is 2.39. The monoisotopic (exact) mass is 508 g/mol. The second kappa shape index (κ2) is 10.7. The van der Waals surface area contributed by atoms with Crippen molar-refractivity contribution in [2.45, 2.75) is 37.2 Å². The van der Waals surface area contributed by atoms with E-state index in [1.54, 1.807) is 20.8 Å². The largest absolute Gasteiger partial charge is 0.362 e. The number of anilines is 1. The van der Waals surface area contributed by atoms with Crippen LogP contribution >= 0.6 is 11.8 Å². The predicted octanol–water partition coefficient (Wildman–Crippen LogP) is 3.81. The summed E-state index contributed by atoms with van der Waals surface area (Å²) in [7, 11) is 0. The lowest BCUT2D eigenvalue weighted by Crippen LogP contribution is -2.49. The van der Waals surface area contributed by atoms with Gasteiger partial charge in [-0.2, -0.15) is 0 Å². The van der Waals surface area contributed by atoms with Crippen LogP contribution in [0.2, 0.25) is 0 Å². The molecule has 0 heterocycles. The van der Waals surface area contributed by atoms with Gasteiger partial charge in [-0.25, -0.2) is 0 Å². The number of nitro groups is 4. The molecule has 0 radical (unpaired) electrons. The van der Waals surface area contributed by atoms with Gasteiger partial charge in [-0.15, -0.1) is 11.8 Å². The van der Waals surface area contributed by atoms with E-state index >= 15 is 0 Å². The lowest BCUT2D eigenvalue weighted by Gasteiger charge is -2.25. The minimum Gasteiger partial charge on any atom is -0.362 e. The van der Waals surface area contributed by atoms with Gasteiger partial charge in [-0.3, -0.25) is 45.3 Å². The number of carbonyl (C=O) groups excluding carboxylic acids is 1. The van der Waals surface area contributed by atoms with E-state index in [-0.39, 0.29) is 4.90 Å². The van der Waals surface area contributed by atoms with Crippen LogP contribution in [0.15, 0.2) is 41.3 Å². The molecule has 186 valence electrons. The lowest BCUT2D eigenvalue weighted by molar-refractivity contribution is -0.399. The van der Waals surface area contributed by atoms with Gasteiger partial charge in [0.1, 0.15) is 6.04 Å². The summed E-state index contributed by atoms with van der Waals surface area (Å²) in [5.41, 5.74) is -3.81. The average Bonchev–Trinajstić information content (AvgIpc) is 2.74. The lowest BCUT2D eigenvalue weighted by atomic mass is 10.1. The van der Waals surface area contributed by atoms with Crippen LogP contribution in [-0.2, 0) is 4.79 Å². The summed E-state index contributed by atoms with van der Waals surface area (Å²) < 4.78 is 0. The van der Waals surface area contributed by atoms with Crippen molar-refractivity contribution < 1.29 is 24.5 Å². The molecule has 0 aliphatic rings.